The minimum absolute atomic E-state index is 0. The first-order valence-electron chi connectivity index (χ1n) is 8.67. The van der Waals surface area contributed by atoms with Gasteiger partial charge in [0.05, 0.1) is 33.5 Å². The zero-order valence-electron chi connectivity index (χ0n) is 15.5. The van der Waals surface area contributed by atoms with Crippen LogP contribution >= 0.6 is 24.0 Å². The summed E-state index contributed by atoms with van der Waals surface area (Å²) in [5.74, 6) is 1.81. The Morgan fingerprint density at radius 2 is 2.12 bits per heavy atom. The molecule has 1 fully saturated rings. The molecule has 0 bridgehead atoms. The smallest absolute Gasteiger partial charge is 0.188 e. The molecule has 148 valence electrons. The van der Waals surface area contributed by atoms with Crippen LogP contribution < -0.4 is 20.5 Å². The van der Waals surface area contributed by atoms with Crippen molar-refractivity contribution in [1.29, 1.82) is 0 Å². The lowest BCUT2D eigenvalue weighted by Crippen LogP contribution is -2.33. The largest absolute Gasteiger partial charge is 0.493 e. The van der Waals surface area contributed by atoms with E-state index in [1.54, 1.807) is 14.2 Å². The van der Waals surface area contributed by atoms with Crippen LogP contribution in [0.15, 0.2) is 23.2 Å². The first kappa shape index (κ1) is 22.8. The third kappa shape index (κ3) is 7.96. The van der Waals surface area contributed by atoms with Crippen LogP contribution in [0.25, 0.3) is 0 Å². The van der Waals surface area contributed by atoms with Crippen molar-refractivity contribution >= 4 is 29.9 Å². The fourth-order valence-corrected chi connectivity index (χ4v) is 2.59. The van der Waals surface area contributed by atoms with Crippen LogP contribution in [0.4, 0.5) is 0 Å². The molecule has 0 saturated carbocycles. The SMILES string of the molecule is COc1ccc(CN=C(N)NCCCOCC2CCCO2)cc1OC.I. The molecule has 1 saturated heterocycles. The summed E-state index contributed by atoms with van der Waals surface area (Å²) in [6.07, 6.45) is 3.40. The summed E-state index contributed by atoms with van der Waals surface area (Å²) in [5, 5.41) is 3.09. The monoisotopic (exact) mass is 479 g/mol. The summed E-state index contributed by atoms with van der Waals surface area (Å²) in [7, 11) is 3.23. The van der Waals surface area contributed by atoms with E-state index in [2.05, 4.69) is 10.3 Å². The maximum absolute atomic E-state index is 5.88. The Morgan fingerprint density at radius 1 is 1.31 bits per heavy atom. The van der Waals surface area contributed by atoms with E-state index in [1.165, 1.54) is 0 Å². The quantitative estimate of drug-likeness (QED) is 0.232. The van der Waals surface area contributed by atoms with Gasteiger partial charge in [-0.15, -0.1) is 24.0 Å². The molecule has 1 aromatic carbocycles. The number of guanidine groups is 1. The number of halogens is 1. The number of benzene rings is 1. The Hall–Kier alpha value is -1.26. The number of hydrogen-bond acceptors (Lipinski definition) is 5. The highest BCUT2D eigenvalue weighted by molar-refractivity contribution is 14.0. The second-order valence-electron chi connectivity index (χ2n) is 5.88. The van der Waals surface area contributed by atoms with Crippen molar-refractivity contribution in [3.8, 4) is 11.5 Å². The van der Waals surface area contributed by atoms with Gasteiger partial charge in [0.25, 0.3) is 0 Å². The van der Waals surface area contributed by atoms with Gasteiger partial charge in [-0.1, -0.05) is 6.07 Å². The van der Waals surface area contributed by atoms with Crippen molar-refractivity contribution < 1.29 is 18.9 Å². The lowest BCUT2D eigenvalue weighted by molar-refractivity contribution is 0.0168. The predicted octanol–water partition coefficient (Wildman–Crippen LogP) is 2.31. The minimum Gasteiger partial charge on any atom is -0.493 e. The molecule has 3 N–H and O–H groups in total. The Kier molecular flexibility index (Phi) is 11.4. The molecule has 1 unspecified atom stereocenters. The highest BCUT2D eigenvalue weighted by atomic mass is 127. The Balaban J connectivity index is 0.00000338. The number of rotatable bonds is 10. The van der Waals surface area contributed by atoms with Gasteiger partial charge >= 0.3 is 0 Å². The van der Waals surface area contributed by atoms with Crippen LogP contribution in [-0.2, 0) is 16.0 Å². The van der Waals surface area contributed by atoms with Crippen molar-refractivity contribution in [2.45, 2.75) is 31.9 Å². The van der Waals surface area contributed by atoms with Crippen LogP contribution in [-0.4, -0.2) is 52.6 Å². The number of ether oxygens (including phenoxy) is 4. The second-order valence-corrected chi connectivity index (χ2v) is 5.88. The zero-order valence-corrected chi connectivity index (χ0v) is 17.9. The van der Waals surface area contributed by atoms with E-state index < -0.39 is 0 Å². The van der Waals surface area contributed by atoms with Crippen molar-refractivity contribution in [2.75, 3.05) is 40.6 Å². The number of nitrogens with two attached hydrogens (primary N) is 1. The molecular weight excluding hydrogens is 449 g/mol. The van der Waals surface area contributed by atoms with Gasteiger partial charge in [0, 0.05) is 19.8 Å². The number of nitrogens with one attached hydrogen (secondary N) is 1. The fourth-order valence-electron chi connectivity index (χ4n) is 2.59. The van der Waals surface area contributed by atoms with Gasteiger partial charge in [-0.3, -0.25) is 0 Å². The molecule has 8 heteroatoms. The van der Waals surface area contributed by atoms with Crippen LogP contribution in [0.5, 0.6) is 11.5 Å². The van der Waals surface area contributed by atoms with Crippen LogP contribution in [0.1, 0.15) is 24.8 Å². The maximum Gasteiger partial charge on any atom is 0.188 e. The van der Waals surface area contributed by atoms with Gasteiger partial charge in [-0.2, -0.15) is 0 Å². The van der Waals surface area contributed by atoms with Crippen LogP contribution in [0, 0.1) is 0 Å². The average molecular weight is 479 g/mol. The van der Waals surface area contributed by atoms with Gasteiger partial charge in [-0.25, -0.2) is 4.99 Å². The van der Waals surface area contributed by atoms with Crippen molar-refractivity contribution in [3.05, 3.63) is 23.8 Å². The molecule has 1 heterocycles. The van der Waals surface area contributed by atoms with E-state index in [4.69, 9.17) is 24.7 Å². The topological polar surface area (TPSA) is 87.3 Å². The van der Waals surface area contributed by atoms with Crippen molar-refractivity contribution in [3.63, 3.8) is 0 Å². The molecule has 0 amide bonds. The highest BCUT2D eigenvalue weighted by Gasteiger charge is 2.14. The number of methoxy groups -OCH3 is 2. The molecule has 0 spiro atoms. The van der Waals surface area contributed by atoms with Gasteiger partial charge in [-0.05, 0) is 37.0 Å². The molecule has 0 aromatic heterocycles. The molecule has 1 aromatic rings. The summed E-state index contributed by atoms with van der Waals surface area (Å²) in [6.45, 7) is 3.45. The molecular formula is C18H30IN3O4. The van der Waals surface area contributed by atoms with Gasteiger partial charge in [0.1, 0.15) is 0 Å². The number of aliphatic imine (C=N–C) groups is 1. The third-order valence-electron chi connectivity index (χ3n) is 3.98. The van der Waals surface area contributed by atoms with E-state index in [-0.39, 0.29) is 30.1 Å². The van der Waals surface area contributed by atoms with Gasteiger partial charge in [0.2, 0.25) is 0 Å². The minimum atomic E-state index is 0. The molecule has 0 aliphatic carbocycles. The zero-order chi connectivity index (χ0) is 17.9. The summed E-state index contributed by atoms with van der Waals surface area (Å²) >= 11 is 0. The standard InChI is InChI=1S/C18H29N3O4.HI/c1-22-16-7-6-14(11-17(16)23-2)12-21-18(19)20-8-4-9-24-13-15-5-3-10-25-15;/h6-7,11,15H,3-5,8-10,12-13H2,1-2H3,(H3,19,20,21);1H. The first-order chi connectivity index (χ1) is 12.2. The molecule has 7 nitrogen and oxygen atoms in total. The second kappa shape index (κ2) is 13.0. The number of hydrogen-bond donors (Lipinski definition) is 2. The summed E-state index contributed by atoms with van der Waals surface area (Å²) in [4.78, 5) is 4.33. The van der Waals surface area contributed by atoms with E-state index in [0.717, 1.165) is 38.0 Å². The molecule has 1 atom stereocenters. The van der Waals surface area contributed by atoms with Crippen molar-refractivity contribution in [2.24, 2.45) is 10.7 Å². The lowest BCUT2D eigenvalue weighted by Gasteiger charge is -2.11. The van der Waals surface area contributed by atoms with E-state index in [1.807, 2.05) is 18.2 Å². The lowest BCUT2D eigenvalue weighted by atomic mass is 10.2. The van der Waals surface area contributed by atoms with Crippen LogP contribution in [0.2, 0.25) is 0 Å². The van der Waals surface area contributed by atoms with E-state index in [0.29, 0.717) is 37.2 Å². The molecule has 1 aliphatic rings. The summed E-state index contributed by atoms with van der Waals surface area (Å²) in [5.41, 5.74) is 6.89. The Labute approximate surface area is 172 Å². The predicted molar refractivity (Wildman–Crippen MR) is 113 cm³/mol. The van der Waals surface area contributed by atoms with Gasteiger partial charge in [0.15, 0.2) is 17.5 Å². The molecule has 1 aliphatic heterocycles. The fraction of sp³-hybridized carbons (Fsp3) is 0.611. The Bertz CT molecular complexity index is 551. The van der Waals surface area contributed by atoms with E-state index in [9.17, 15) is 0 Å². The molecule has 2 rings (SSSR count). The molecule has 26 heavy (non-hydrogen) atoms. The first-order valence-corrected chi connectivity index (χ1v) is 8.67. The average Bonchev–Trinajstić information content (AvgIpc) is 3.16. The summed E-state index contributed by atoms with van der Waals surface area (Å²) in [6, 6.07) is 5.70. The van der Waals surface area contributed by atoms with Crippen molar-refractivity contribution in [1.82, 2.24) is 5.32 Å². The van der Waals surface area contributed by atoms with Gasteiger partial charge < -0.3 is 30.0 Å². The van der Waals surface area contributed by atoms with Crippen LogP contribution in [0.3, 0.4) is 0 Å². The third-order valence-corrected chi connectivity index (χ3v) is 3.98. The normalized spacial score (nSPS) is 16.8. The highest BCUT2D eigenvalue weighted by Crippen LogP contribution is 2.27. The summed E-state index contributed by atoms with van der Waals surface area (Å²) < 4.78 is 21.6. The maximum atomic E-state index is 5.88. The molecule has 0 radical (unpaired) electrons. The number of nitrogens with zero attached hydrogens (tertiary/aromatic N) is 1. The van der Waals surface area contributed by atoms with E-state index >= 15 is 0 Å². The Morgan fingerprint density at radius 3 is 2.81 bits per heavy atom.